The number of carboxylic acid groups (broad SMARTS) is 1. The largest absolute Gasteiger partial charge is 0.508 e. The highest BCUT2D eigenvalue weighted by atomic mass is 16.4. The fourth-order valence-electron chi connectivity index (χ4n) is 0.909. The van der Waals surface area contributed by atoms with Crippen molar-refractivity contribution >= 4 is 5.97 Å². The molecule has 0 aliphatic heterocycles. The van der Waals surface area contributed by atoms with E-state index in [0.717, 1.165) is 5.56 Å². The standard InChI is InChI=1S/C10H8O3/c1-7-6-9(11)4-2-8(7)3-5-10(12)13/h2,4,6,11H,1H3,(H,12,13). The van der Waals surface area contributed by atoms with Crippen LogP contribution in [0.4, 0.5) is 0 Å². The van der Waals surface area contributed by atoms with E-state index in [2.05, 4.69) is 5.92 Å². The van der Waals surface area contributed by atoms with Crippen LogP contribution in [0, 0.1) is 18.8 Å². The van der Waals surface area contributed by atoms with E-state index in [1.54, 1.807) is 13.0 Å². The van der Waals surface area contributed by atoms with E-state index < -0.39 is 5.97 Å². The summed E-state index contributed by atoms with van der Waals surface area (Å²) >= 11 is 0. The quantitative estimate of drug-likeness (QED) is 0.583. The SMILES string of the molecule is Cc1cc(O)ccc1C#CC(=O)O. The third kappa shape index (κ3) is 2.53. The minimum Gasteiger partial charge on any atom is -0.508 e. The Morgan fingerprint density at radius 2 is 2.15 bits per heavy atom. The van der Waals surface area contributed by atoms with Gasteiger partial charge in [0.1, 0.15) is 5.75 Å². The molecule has 0 heterocycles. The topological polar surface area (TPSA) is 57.5 Å². The van der Waals surface area contributed by atoms with Gasteiger partial charge in [0.15, 0.2) is 0 Å². The number of benzene rings is 1. The summed E-state index contributed by atoms with van der Waals surface area (Å²) in [4.78, 5) is 10.1. The van der Waals surface area contributed by atoms with Gasteiger partial charge in [-0.05, 0) is 30.7 Å². The molecule has 3 nitrogen and oxygen atoms in total. The van der Waals surface area contributed by atoms with Gasteiger partial charge in [0, 0.05) is 11.5 Å². The van der Waals surface area contributed by atoms with Crippen LogP contribution in [0.25, 0.3) is 0 Å². The number of rotatable bonds is 0. The number of phenolic OH excluding ortho intramolecular Hbond substituents is 1. The zero-order chi connectivity index (χ0) is 9.84. The van der Waals surface area contributed by atoms with Crippen LogP contribution in [-0.4, -0.2) is 16.2 Å². The van der Waals surface area contributed by atoms with Gasteiger partial charge in [-0.2, -0.15) is 0 Å². The molecule has 0 fully saturated rings. The minimum absolute atomic E-state index is 0.151. The Labute approximate surface area is 75.6 Å². The normalized spacial score (nSPS) is 8.69. The zero-order valence-corrected chi connectivity index (χ0v) is 7.03. The van der Waals surface area contributed by atoms with Crippen molar-refractivity contribution in [1.29, 1.82) is 0 Å². The monoisotopic (exact) mass is 176 g/mol. The number of hydrogen-bond acceptors (Lipinski definition) is 2. The Balaban J connectivity index is 3.05. The lowest BCUT2D eigenvalue weighted by atomic mass is 10.1. The smallest absolute Gasteiger partial charge is 0.382 e. The van der Waals surface area contributed by atoms with Crippen LogP contribution in [0.5, 0.6) is 5.75 Å². The number of aromatic hydroxyl groups is 1. The molecule has 0 aliphatic carbocycles. The highest BCUT2D eigenvalue weighted by Gasteiger charge is 1.95. The first-order valence-corrected chi connectivity index (χ1v) is 3.64. The summed E-state index contributed by atoms with van der Waals surface area (Å²) in [5.41, 5.74) is 1.37. The van der Waals surface area contributed by atoms with Gasteiger partial charge in [-0.15, -0.1) is 0 Å². The van der Waals surface area contributed by atoms with Gasteiger partial charge >= 0.3 is 5.97 Å². The summed E-state index contributed by atoms with van der Waals surface area (Å²) in [5.74, 6) is 3.48. The number of carboxylic acids is 1. The fourth-order valence-corrected chi connectivity index (χ4v) is 0.909. The van der Waals surface area contributed by atoms with Crippen molar-refractivity contribution in [3.05, 3.63) is 29.3 Å². The van der Waals surface area contributed by atoms with Crippen molar-refractivity contribution in [2.45, 2.75) is 6.92 Å². The van der Waals surface area contributed by atoms with Crippen molar-refractivity contribution in [2.24, 2.45) is 0 Å². The number of aryl methyl sites for hydroxylation is 1. The van der Waals surface area contributed by atoms with Crippen molar-refractivity contribution < 1.29 is 15.0 Å². The lowest BCUT2D eigenvalue weighted by molar-refractivity contribution is -0.130. The third-order valence-corrected chi connectivity index (χ3v) is 1.51. The first-order valence-electron chi connectivity index (χ1n) is 3.64. The molecule has 0 saturated heterocycles. The maximum absolute atomic E-state index is 10.1. The Bertz CT molecular complexity index is 396. The van der Waals surface area contributed by atoms with Gasteiger partial charge < -0.3 is 10.2 Å². The average molecular weight is 176 g/mol. The Morgan fingerprint density at radius 3 is 2.69 bits per heavy atom. The number of carbonyl (C=O) groups is 1. The van der Waals surface area contributed by atoms with Gasteiger partial charge in [-0.25, -0.2) is 4.79 Å². The van der Waals surface area contributed by atoms with Crippen LogP contribution in [0.3, 0.4) is 0 Å². The van der Waals surface area contributed by atoms with E-state index in [0.29, 0.717) is 5.56 Å². The summed E-state index contributed by atoms with van der Waals surface area (Å²) in [6.45, 7) is 1.76. The fraction of sp³-hybridized carbons (Fsp3) is 0.100. The van der Waals surface area contributed by atoms with Crippen molar-refractivity contribution in [3.63, 3.8) is 0 Å². The molecule has 0 atom stereocenters. The maximum atomic E-state index is 10.1. The van der Waals surface area contributed by atoms with Crippen molar-refractivity contribution in [3.8, 4) is 17.6 Å². The molecule has 1 rings (SSSR count). The predicted octanol–water partition coefficient (Wildman–Crippen LogP) is 1.14. The molecule has 66 valence electrons. The molecule has 0 saturated carbocycles. The van der Waals surface area contributed by atoms with Crippen LogP contribution < -0.4 is 0 Å². The second-order valence-electron chi connectivity index (χ2n) is 2.55. The average Bonchev–Trinajstić information content (AvgIpc) is 2.02. The molecule has 0 amide bonds. The number of phenols is 1. The molecule has 3 heteroatoms. The summed E-state index contributed by atoms with van der Waals surface area (Å²) in [6, 6.07) is 4.59. The molecule has 0 bridgehead atoms. The summed E-state index contributed by atoms with van der Waals surface area (Å²) in [5, 5.41) is 17.3. The Kier molecular flexibility index (Phi) is 2.56. The van der Waals surface area contributed by atoms with Gasteiger partial charge in [-0.1, -0.05) is 5.92 Å². The number of hydrogen-bond donors (Lipinski definition) is 2. The molecule has 1 aromatic carbocycles. The lowest BCUT2D eigenvalue weighted by Crippen LogP contribution is -1.88. The minimum atomic E-state index is -1.16. The van der Waals surface area contributed by atoms with Gasteiger partial charge in [0.05, 0.1) is 0 Å². The van der Waals surface area contributed by atoms with Crippen LogP contribution >= 0.6 is 0 Å². The molecular weight excluding hydrogens is 168 g/mol. The molecule has 0 aliphatic rings. The van der Waals surface area contributed by atoms with Gasteiger partial charge in [0.25, 0.3) is 0 Å². The van der Waals surface area contributed by atoms with E-state index in [9.17, 15) is 4.79 Å². The lowest BCUT2D eigenvalue weighted by Gasteiger charge is -1.97. The highest BCUT2D eigenvalue weighted by molar-refractivity contribution is 5.87. The van der Waals surface area contributed by atoms with E-state index in [4.69, 9.17) is 10.2 Å². The van der Waals surface area contributed by atoms with Crippen molar-refractivity contribution in [2.75, 3.05) is 0 Å². The molecule has 1 aromatic rings. The third-order valence-electron chi connectivity index (χ3n) is 1.51. The second kappa shape index (κ2) is 3.63. The zero-order valence-electron chi connectivity index (χ0n) is 7.03. The highest BCUT2D eigenvalue weighted by Crippen LogP contribution is 2.14. The molecular formula is C10H8O3. The Morgan fingerprint density at radius 1 is 1.46 bits per heavy atom. The van der Waals surface area contributed by atoms with E-state index in [1.165, 1.54) is 12.1 Å². The Hall–Kier alpha value is -1.95. The van der Waals surface area contributed by atoms with E-state index in [-0.39, 0.29) is 5.75 Å². The van der Waals surface area contributed by atoms with Crippen LogP contribution in [-0.2, 0) is 4.79 Å². The molecule has 13 heavy (non-hydrogen) atoms. The molecule has 0 unspecified atom stereocenters. The van der Waals surface area contributed by atoms with Crippen LogP contribution in [0.1, 0.15) is 11.1 Å². The van der Waals surface area contributed by atoms with Gasteiger partial charge in [0.2, 0.25) is 0 Å². The molecule has 0 aromatic heterocycles. The molecule has 0 radical (unpaired) electrons. The summed E-state index contributed by atoms with van der Waals surface area (Å²) in [7, 11) is 0. The van der Waals surface area contributed by atoms with Crippen molar-refractivity contribution in [1.82, 2.24) is 0 Å². The second-order valence-corrected chi connectivity index (χ2v) is 2.55. The summed E-state index contributed by atoms with van der Waals surface area (Å²) < 4.78 is 0. The van der Waals surface area contributed by atoms with Crippen LogP contribution in [0.2, 0.25) is 0 Å². The molecule has 2 N–H and O–H groups in total. The van der Waals surface area contributed by atoms with E-state index >= 15 is 0 Å². The summed E-state index contributed by atoms with van der Waals surface area (Å²) in [6.07, 6.45) is 0. The predicted molar refractivity (Wildman–Crippen MR) is 47.4 cm³/mol. The first kappa shape index (κ1) is 9.14. The maximum Gasteiger partial charge on any atom is 0.382 e. The number of aliphatic carboxylic acids is 1. The first-order chi connectivity index (χ1) is 6.09. The molecule has 0 spiro atoms. The van der Waals surface area contributed by atoms with Crippen LogP contribution in [0.15, 0.2) is 18.2 Å². The van der Waals surface area contributed by atoms with E-state index in [1.807, 2.05) is 5.92 Å². The van der Waals surface area contributed by atoms with Gasteiger partial charge in [-0.3, -0.25) is 0 Å².